The van der Waals surface area contributed by atoms with E-state index < -0.39 is 0 Å². The molecule has 3 N–H and O–H groups in total. The number of aromatic hydroxyl groups is 1. The third-order valence-corrected chi connectivity index (χ3v) is 1.97. The molecule has 0 aliphatic carbocycles. The third-order valence-electron chi connectivity index (χ3n) is 1.97. The monoisotopic (exact) mass is 202 g/mol. The largest absolute Gasteiger partial charge is 0.507 e. The topological polar surface area (TPSA) is 49.5 Å². The maximum absolute atomic E-state index is 9.62. The van der Waals surface area contributed by atoms with E-state index in [1.165, 1.54) is 6.20 Å². The minimum atomic E-state index is 0.180. The molecule has 0 aliphatic heterocycles. The Labute approximate surface area is 89.4 Å². The van der Waals surface area contributed by atoms with Gasteiger partial charge in [0.05, 0.1) is 0 Å². The van der Waals surface area contributed by atoms with Crippen molar-refractivity contribution >= 4 is 5.70 Å². The first-order valence-electron chi connectivity index (χ1n) is 4.47. The van der Waals surface area contributed by atoms with Gasteiger partial charge >= 0.3 is 0 Å². The highest BCUT2D eigenvalue weighted by Gasteiger charge is 2.07. The zero-order chi connectivity index (χ0) is 11.3. The van der Waals surface area contributed by atoms with Crippen molar-refractivity contribution in [3.05, 3.63) is 61.6 Å². The number of nitrogens with two attached hydrogens (primary N) is 1. The van der Waals surface area contributed by atoms with Crippen LogP contribution in [0.15, 0.2) is 56.0 Å². The molecule has 0 saturated heterocycles. The van der Waals surface area contributed by atoms with Gasteiger partial charge in [0, 0.05) is 29.9 Å². The SMILES string of the molecule is C=CN(/C=C\N)C(=C)c1ccccc1O. The Kier molecular flexibility index (Phi) is 3.57. The third kappa shape index (κ3) is 2.40. The van der Waals surface area contributed by atoms with Crippen molar-refractivity contribution in [3.8, 4) is 5.75 Å². The van der Waals surface area contributed by atoms with Crippen LogP contribution in [0.5, 0.6) is 5.75 Å². The van der Waals surface area contributed by atoms with E-state index in [9.17, 15) is 5.11 Å². The van der Waals surface area contributed by atoms with Crippen molar-refractivity contribution in [2.45, 2.75) is 0 Å². The van der Waals surface area contributed by atoms with Crippen molar-refractivity contribution in [1.29, 1.82) is 0 Å². The van der Waals surface area contributed by atoms with Crippen molar-refractivity contribution in [3.63, 3.8) is 0 Å². The first-order valence-corrected chi connectivity index (χ1v) is 4.47. The van der Waals surface area contributed by atoms with Gasteiger partial charge in [0.2, 0.25) is 0 Å². The summed E-state index contributed by atoms with van der Waals surface area (Å²) in [7, 11) is 0. The number of benzene rings is 1. The Morgan fingerprint density at radius 1 is 1.40 bits per heavy atom. The van der Waals surface area contributed by atoms with Gasteiger partial charge in [0.1, 0.15) is 5.75 Å². The Balaban J connectivity index is 3.03. The van der Waals surface area contributed by atoms with Gasteiger partial charge in [-0.15, -0.1) is 0 Å². The molecule has 3 heteroatoms. The van der Waals surface area contributed by atoms with Crippen LogP contribution in [0.3, 0.4) is 0 Å². The molecular formula is C12H14N2O. The van der Waals surface area contributed by atoms with Crippen LogP contribution in [0, 0.1) is 0 Å². The summed E-state index contributed by atoms with van der Waals surface area (Å²) in [6, 6.07) is 6.96. The van der Waals surface area contributed by atoms with E-state index in [4.69, 9.17) is 5.73 Å². The van der Waals surface area contributed by atoms with E-state index in [0.29, 0.717) is 11.3 Å². The summed E-state index contributed by atoms with van der Waals surface area (Å²) < 4.78 is 0. The van der Waals surface area contributed by atoms with E-state index in [2.05, 4.69) is 13.2 Å². The first-order chi connectivity index (χ1) is 7.20. The summed E-state index contributed by atoms with van der Waals surface area (Å²) in [6.45, 7) is 7.50. The van der Waals surface area contributed by atoms with Gasteiger partial charge in [-0.25, -0.2) is 0 Å². The van der Waals surface area contributed by atoms with Crippen molar-refractivity contribution in [1.82, 2.24) is 4.90 Å². The number of phenolic OH excluding ortho intramolecular Hbond substituents is 1. The molecule has 0 heterocycles. The minimum absolute atomic E-state index is 0.180. The lowest BCUT2D eigenvalue weighted by atomic mass is 10.1. The van der Waals surface area contributed by atoms with Crippen LogP contribution in [-0.2, 0) is 0 Å². The first kappa shape index (κ1) is 10.9. The molecule has 0 saturated carbocycles. The molecule has 0 radical (unpaired) electrons. The van der Waals surface area contributed by atoms with Gasteiger partial charge < -0.3 is 15.7 Å². The summed E-state index contributed by atoms with van der Waals surface area (Å²) in [6.07, 6.45) is 4.56. The lowest BCUT2D eigenvalue weighted by Gasteiger charge is -2.18. The summed E-state index contributed by atoms with van der Waals surface area (Å²) in [5.41, 5.74) is 6.55. The maximum atomic E-state index is 9.62. The molecule has 15 heavy (non-hydrogen) atoms. The predicted molar refractivity (Wildman–Crippen MR) is 62.5 cm³/mol. The van der Waals surface area contributed by atoms with Gasteiger partial charge in [0.25, 0.3) is 0 Å². The molecule has 0 atom stereocenters. The maximum Gasteiger partial charge on any atom is 0.124 e. The van der Waals surface area contributed by atoms with Gasteiger partial charge in [0.15, 0.2) is 0 Å². The van der Waals surface area contributed by atoms with Crippen LogP contribution in [0.25, 0.3) is 5.70 Å². The van der Waals surface area contributed by atoms with E-state index >= 15 is 0 Å². The summed E-state index contributed by atoms with van der Waals surface area (Å²) in [5, 5.41) is 9.62. The van der Waals surface area contributed by atoms with E-state index in [1.807, 2.05) is 6.07 Å². The fraction of sp³-hybridized carbons (Fsp3) is 0. The lowest BCUT2D eigenvalue weighted by Crippen LogP contribution is -2.07. The van der Waals surface area contributed by atoms with E-state index in [1.54, 1.807) is 35.5 Å². The van der Waals surface area contributed by atoms with Gasteiger partial charge in [-0.3, -0.25) is 0 Å². The van der Waals surface area contributed by atoms with Crippen LogP contribution in [0.1, 0.15) is 5.56 Å². The number of hydrogen-bond donors (Lipinski definition) is 2. The zero-order valence-electron chi connectivity index (χ0n) is 8.43. The second-order valence-corrected chi connectivity index (χ2v) is 2.90. The molecule has 1 aromatic carbocycles. The highest BCUT2D eigenvalue weighted by molar-refractivity contribution is 5.68. The molecule has 0 spiro atoms. The van der Waals surface area contributed by atoms with E-state index in [-0.39, 0.29) is 5.75 Å². The summed E-state index contributed by atoms with van der Waals surface area (Å²) in [5.74, 6) is 0.180. The van der Waals surface area contributed by atoms with Crippen LogP contribution in [0.4, 0.5) is 0 Å². The number of nitrogens with zero attached hydrogens (tertiary/aromatic N) is 1. The van der Waals surface area contributed by atoms with Gasteiger partial charge in [-0.05, 0) is 12.1 Å². The molecule has 0 aliphatic rings. The second-order valence-electron chi connectivity index (χ2n) is 2.90. The molecule has 1 aromatic rings. The van der Waals surface area contributed by atoms with Gasteiger partial charge in [-0.2, -0.15) is 0 Å². The highest BCUT2D eigenvalue weighted by atomic mass is 16.3. The molecule has 78 valence electrons. The second kappa shape index (κ2) is 4.91. The molecule has 1 rings (SSSR count). The smallest absolute Gasteiger partial charge is 0.124 e. The zero-order valence-corrected chi connectivity index (χ0v) is 8.43. The molecule has 0 amide bonds. The summed E-state index contributed by atoms with van der Waals surface area (Å²) >= 11 is 0. The van der Waals surface area contributed by atoms with Gasteiger partial charge in [-0.1, -0.05) is 25.3 Å². The fourth-order valence-corrected chi connectivity index (χ4v) is 1.21. The van der Waals surface area contributed by atoms with E-state index in [0.717, 1.165) is 0 Å². The number of rotatable bonds is 4. The highest BCUT2D eigenvalue weighted by Crippen LogP contribution is 2.26. The van der Waals surface area contributed by atoms with Crippen molar-refractivity contribution in [2.24, 2.45) is 5.73 Å². The molecule has 0 bridgehead atoms. The molecule has 0 aromatic heterocycles. The molecular weight excluding hydrogens is 188 g/mol. The Bertz CT molecular complexity index is 396. The van der Waals surface area contributed by atoms with Crippen LogP contribution < -0.4 is 5.73 Å². The molecule has 0 fully saturated rings. The molecule has 0 unspecified atom stereocenters. The number of hydrogen-bond acceptors (Lipinski definition) is 3. The quantitative estimate of drug-likeness (QED) is 0.787. The predicted octanol–water partition coefficient (Wildman–Crippen LogP) is 2.24. The average molecular weight is 202 g/mol. The Morgan fingerprint density at radius 3 is 2.60 bits per heavy atom. The lowest BCUT2D eigenvalue weighted by molar-refractivity contribution is 0.472. The molecule has 3 nitrogen and oxygen atoms in total. The van der Waals surface area contributed by atoms with Crippen molar-refractivity contribution < 1.29 is 5.11 Å². The summed E-state index contributed by atoms with van der Waals surface area (Å²) in [4.78, 5) is 1.63. The average Bonchev–Trinajstić information content (AvgIpc) is 2.25. The van der Waals surface area contributed by atoms with Crippen LogP contribution in [0.2, 0.25) is 0 Å². The van der Waals surface area contributed by atoms with Crippen LogP contribution >= 0.6 is 0 Å². The van der Waals surface area contributed by atoms with Crippen molar-refractivity contribution in [2.75, 3.05) is 0 Å². The number of para-hydroxylation sites is 1. The normalized spacial score (nSPS) is 10.1. The Hall–Kier alpha value is -2.16. The minimum Gasteiger partial charge on any atom is -0.507 e. The van der Waals surface area contributed by atoms with Crippen LogP contribution in [-0.4, -0.2) is 10.0 Å². The number of phenols is 1. The fourth-order valence-electron chi connectivity index (χ4n) is 1.21. The Morgan fingerprint density at radius 2 is 2.07 bits per heavy atom. The standard InChI is InChI=1S/C12H14N2O/c1-3-14(9-8-13)10(2)11-6-4-5-7-12(11)15/h3-9,15H,1-2,13H2/b9-8-.